The van der Waals surface area contributed by atoms with Crippen molar-refractivity contribution in [2.24, 2.45) is 0 Å². The molecule has 0 bridgehead atoms. The van der Waals surface area contributed by atoms with Crippen LogP contribution in [-0.2, 0) is 6.54 Å². The van der Waals surface area contributed by atoms with Gasteiger partial charge in [-0.25, -0.2) is 37.0 Å². The van der Waals surface area contributed by atoms with Crippen LogP contribution < -0.4 is 5.32 Å². The summed E-state index contributed by atoms with van der Waals surface area (Å²) in [5, 5.41) is 6.66. The molecule has 7 nitrogen and oxygen atoms in total. The number of fused-ring (bicyclic) bond motifs is 2. The standard InChI is InChI=1S/C18H17F4N7/c1-10-26-16-13(28(10)8-15(19)20)5-11(6-23-16)12-3-4-29-14(12)7-24-17(27-29)25-9-18(2,21)22/h3-7,15H,8-9H2,1-2H3,(H,25,27). The predicted molar refractivity (Wildman–Crippen MR) is 99.4 cm³/mol. The number of nitrogens with one attached hydrogen (secondary N) is 1. The van der Waals surface area contributed by atoms with E-state index in [1.165, 1.54) is 15.3 Å². The van der Waals surface area contributed by atoms with Gasteiger partial charge in [-0.05, 0) is 19.1 Å². The topological polar surface area (TPSA) is 72.9 Å². The molecule has 0 atom stereocenters. The molecule has 0 aliphatic heterocycles. The van der Waals surface area contributed by atoms with Gasteiger partial charge in [-0.1, -0.05) is 0 Å². The third kappa shape index (κ3) is 3.84. The van der Waals surface area contributed by atoms with Crippen LogP contribution in [0.15, 0.2) is 30.7 Å². The Morgan fingerprint density at radius 1 is 1.17 bits per heavy atom. The van der Waals surface area contributed by atoms with E-state index >= 15 is 0 Å². The minimum Gasteiger partial charge on any atom is -0.347 e. The fraction of sp³-hybridized carbons (Fsp3) is 0.333. The molecule has 0 saturated carbocycles. The van der Waals surface area contributed by atoms with E-state index < -0.39 is 25.4 Å². The highest BCUT2D eigenvalue weighted by atomic mass is 19.3. The van der Waals surface area contributed by atoms with Gasteiger partial charge >= 0.3 is 0 Å². The van der Waals surface area contributed by atoms with Gasteiger partial charge in [-0.15, -0.1) is 5.10 Å². The Balaban J connectivity index is 1.71. The molecule has 0 unspecified atom stereocenters. The third-order valence-electron chi connectivity index (χ3n) is 4.40. The Hall–Kier alpha value is -3.24. The summed E-state index contributed by atoms with van der Waals surface area (Å²) in [6, 6.07) is 3.51. The zero-order valence-electron chi connectivity index (χ0n) is 15.6. The lowest BCUT2D eigenvalue weighted by atomic mass is 10.1. The molecule has 0 fully saturated rings. The van der Waals surface area contributed by atoms with E-state index in [9.17, 15) is 17.6 Å². The Bertz CT molecular complexity index is 1180. The molecule has 1 N–H and O–H groups in total. The summed E-state index contributed by atoms with van der Waals surface area (Å²) in [5.41, 5.74) is 2.92. The molecule has 0 aromatic carbocycles. The van der Waals surface area contributed by atoms with E-state index in [0.29, 0.717) is 28.1 Å². The first-order valence-electron chi connectivity index (χ1n) is 8.79. The first-order chi connectivity index (χ1) is 13.7. The molecule has 4 aromatic rings. The van der Waals surface area contributed by atoms with Crippen LogP contribution in [0.1, 0.15) is 12.7 Å². The fourth-order valence-electron chi connectivity index (χ4n) is 3.09. The minimum atomic E-state index is -2.89. The van der Waals surface area contributed by atoms with Gasteiger partial charge in [0.05, 0.1) is 30.3 Å². The molecular formula is C18H17F4N7. The molecule has 0 saturated heterocycles. The van der Waals surface area contributed by atoms with Crippen molar-refractivity contribution in [2.45, 2.75) is 32.7 Å². The fourth-order valence-corrected chi connectivity index (χ4v) is 3.09. The Labute approximate surface area is 162 Å². The summed E-state index contributed by atoms with van der Waals surface area (Å²) in [6.45, 7) is 1.40. The van der Waals surface area contributed by atoms with Gasteiger partial charge < -0.3 is 9.88 Å². The second-order valence-electron chi connectivity index (χ2n) is 6.79. The number of pyridine rings is 1. The van der Waals surface area contributed by atoms with E-state index in [-0.39, 0.29) is 5.95 Å². The van der Waals surface area contributed by atoms with Crippen molar-refractivity contribution in [3.63, 3.8) is 0 Å². The SMILES string of the molecule is Cc1nc2ncc(-c3ccn4nc(NCC(C)(F)F)ncc34)cc2n1CC(F)F. The maximum atomic E-state index is 13.0. The number of imidazole rings is 1. The summed E-state index contributed by atoms with van der Waals surface area (Å²) in [5.74, 6) is -2.36. The molecule has 0 aliphatic rings. The Morgan fingerprint density at radius 3 is 2.69 bits per heavy atom. The molecule has 11 heteroatoms. The lowest BCUT2D eigenvalue weighted by Gasteiger charge is -2.11. The van der Waals surface area contributed by atoms with Crippen LogP contribution >= 0.6 is 0 Å². The molecule has 4 heterocycles. The van der Waals surface area contributed by atoms with Gasteiger partial charge in [0, 0.05) is 30.4 Å². The molecule has 0 amide bonds. The van der Waals surface area contributed by atoms with Crippen molar-refractivity contribution in [2.75, 3.05) is 11.9 Å². The monoisotopic (exact) mass is 407 g/mol. The molecule has 0 aliphatic carbocycles. The van der Waals surface area contributed by atoms with Crippen molar-refractivity contribution in [1.82, 2.24) is 29.1 Å². The largest absolute Gasteiger partial charge is 0.347 e. The van der Waals surface area contributed by atoms with E-state index in [1.807, 2.05) is 0 Å². The molecule has 0 spiro atoms. The highest BCUT2D eigenvalue weighted by Crippen LogP contribution is 2.28. The number of anilines is 1. The highest BCUT2D eigenvalue weighted by Gasteiger charge is 2.21. The smallest absolute Gasteiger partial charge is 0.262 e. The highest BCUT2D eigenvalue weighted by molar-refractivity contribution is 5.85. The van der Waals surface area contributed by atoms with E-state index in [4.69, 9.17) is 0 Å². The number of aromatic nitrogens is 6. The zero-order valence-corrected chi connectivity index (χ0v) is 15.6. The molecular weight excluding hydrogens is 390 g/mol. The molecule has 29 heavy (non-hydrogen) atoms. The van der Waals surface area contributed by atoms with Crippen LogP contribution in [-0.4, -0.2) is 48.0 Å². The first kappa shape index (κ1) is 19.1. The van der Waals surface area contributed by atoms with Crippen LogP contribution in [0.5, 0.6) is 0 Å². The van der Waals surface area contributed by atoms with Gasteiger partial charge in [0.25, 0.3) is 12.3 Å². The van der Waals surface area contributed by atoms with Gasteiger partial charge in [0.2, 0.25) is 5.95 Å². The van der Waals surface area contributed by atoms with Crippen LogP contribution in [0.2, 0.25) is 0 Å². The minimum absolute atomic E-state index is 0.0698. The van der Waals surface area contributed by atoms with Gasteiger partial charge in [0.15, 0.2) is 5.65 Å². The summed E-state index contributed by atoms with van der Waals surface area (Å²) >= 11 is 0. The number of nitrogens with zero attached hydrogens (tertiary/aromatic N) is 6. The molecule has 0 radical (unpaired) electrons. The number of rotatable bonds is 6. The number of alkyl halides is 4. The van der Waals surface area contributed by atoms with Crippen molar-refractivity contribution in [1.29, 1.82) is 0 Å². The molecule has 4 rings (SSSR count). The Morgan fingerprint density at radius 2 is 1.97 bits per heavy atom. The Kier molecular flexibility index (Phi) is 4.59. The third-order valence-corrected chi connectivity index (χ3v) is 4.40. The van der Waals surface area contributed by atoms with Crippen LogP contribution in [0, 0.1) is 6.92 Å². The van der Waals surface area contributed by atoms with Gasteiger partial charge in [-0.3, -0.25) is 0 Å². The maximum Gasteiger partial charge on any atom is 0.262 e. The maximum absolute atomic E-state index is 13.0. The van der Waals surface area contributed by atoms with E-state index in [2.05, 4.69) is 25.4 Å². The summed E-state index contributed by atoms with van der Waals surface area (Å²) in [7, 11) is 0. The van der Waals surface area contributed by atoms with E-state index in [1.54, 1.807) is 31.5 Å². The normalized spacial score (nSPS) is 12.4. The van der Waals surface area contributed by atoms with Crippen LogP contribution in [0.4, 0.5) is 23.5 Å². The average Bonchev–Trinajstić information content (AvgIpc) is 3.19. The first-order valence-corrected chi connectivity index (χ1v) is 8.79. The number of hydrogen-bond acceptors (Lipinski definition) is 5. The predicted octanol–water partition coefficient (Wildman–Crippen LogP) is 3.78. The van der Waals surface area contributed by atoms with Crippen LogP contribution in [0.25, 0.3) is 27.8 Å². The summed E-state index contributed by atoms with van der Waals surface area (Å²) < 4.78 is 54.8. The second kappa shape index (κ2) is 6.98. The molecule has 4 aromatic heterocycles. The second-order valence-corrected chi connectivity index (χ2v) is 6.79. The zero-order chi connectivity index (χ0) is 20.8. The van der Waals surface area contributed by atoms with Gasteiger partial charge in [-0.2, -0.15) is 0 Å². The van der Waals surface area contributed by atoms with Crippen LogP contribution in [0.3, 0.4) is 0 Å². The van der Waals surface area contributed by atoms with Crippen molar-refractivity contribution in [3.8, 4) is 11.1 Å². The molecule has 152 valence electrons. The number of aryl methyl sites for hydroxylation is 1. The van der Waals surface area contributed by atoms with Crippen molar-refractivity contribution < 1.29 is 17.6 Å². The summed E-state index contributed by atoms with van der Waals surface area (Å²) in [6.07, 6.45) is 2.25. The van der Waals surface area contributed by atoms with Gasteiger partial charge in [0.1, 0.15) is 5.82 Å². The quantitative estimate of drug-likeness (QED) is 0.493. The lowest BCUT2D eigenvalue weighted by molar-refractivity contribution is 0.0365. The van der Waals surface area contributed by atoms with Crippen molar-refractivity contribution in [3.05, 3.63) is 36.5 Å². The lowest BCUT2D eigenvalue weighted by Crippen LogP contribution is -2.24. The average molecular weight is 407 g/mol. The summed E-state index contributed by atoms with van der Waals surface area (Å²) in [4.78, 5) is 12.6. The number of halogens is 4. The van der Waals surface area contributed by atoms with E-state index in [0.717, 1.165) is 12.5 Å². The van der Waals surface area contributed by atoms with Crippen molar-refractivity contribution >= 4 is 22.6 Å². The number of hydrogen-bond donors (Lipinski definition) is 1.